The minimum atomic E-state index is -0.117. The lowest BCUT2D eigenvalue weighted by molar-refractivity contribution is -0.142. The van der Waals surface area contributed by atoms with Crippen molar-refractivity contribution in [3.05, 3.63) is 0 Å². The molecule has 2 atom stereocenters. The molecule has 1 saturated heterocycles. The SMILES string of the molecule is CCC[C@H]1CN[C@H](C(=O)OC)C1.Cl. The van der Waals surface area contributed by atoms with Crippen LogP contribution in [0.2, 0.25) is 0 Å². The van der Waals surface area contributed by atoms with Crippen molar-refractivity contribution in [1.29, 1.82) is 0 Å². The number of halogens is 1. The van der Waals surface area contributed by atoms with Crippen LogP contribution in [0.4, 0.5) is 0 Å². The summed E-state index contributed by atoms with van der Waals surface area (Å²) in [7, 11) is 1.44. The summed E-state index contributed by atoms with van der Waals surface area (Å²) in [6, 6.07) is -0.0495. The summed E-state index contributed by atoms with van der Waals surface area (Å²) < 4.78 is 4.66. The maximum atomic E-state index is 11.1. The second kappa shape index (κ2) is 6.22. The Kier molecular flexibility index (Phi) is 6.08. The average molecular weight is 208 g/mol. The number of carbonyl (C=O) groups excluding carboxylic acids is 1. The Hall–Kier alpha value is -0.280. The predicted molar refractivity (Wildman–Crippen MR) is 54.1 cm³/mol. The smallest absolute Gasteiger partial charge is 0.322 e. The van der Waals surface area contributed by atoms with Gasteiger partial charge in [-0.15, -0.1) is 12.4 Å². The third-order valence-electron chi connectivity index (χ3n) is 2.40. The number of hydrogen-bond acceptors (Lipinski definition) is 3. The van der Waals surface area contributed by atoms with Gasteiger partial charge in [0.25, 0.3) is 0 Å². The summed E-state index contributed by atoms with van der Waals surface area (Å²) in [6.07, 6.45) is 3.35. The van der Waals surface area contributed by atoms with Gasteiger partial charge in [0.05, 0.1) is 7.11 Å². The molecule has 0 bridgehead atoms. The fourth-order valence-electron chi connectivity index (χ4n) is 1.76. The Morgan fingerprint density at radius 3 is 2.85 bits per heavy atom. The fourth-order valence-corrected chi connectivity index (χ4v) is 1.76. The van der Waals surface area contributed by atoms with Crippen molar-refractivity contribution in [2.75, 3.05) is 13.7 Å². The Bertz CT molecular complexity index is 164. The zero-order valence-corrected chi connectivity index (χ0v) is 9.02. The van der Waals surface area contributed by atoms with Crippen molar-refractivity contribution in [2.24, 2.45) is 5.92 Å². The first kappa shape index (κ1) is 12.7. The van der Waals surface area contributed by atoms with Gasteiger partial charge < -0.3 is 10.1 Å². The van der Waals surface area contributed by atoms with E-state index in [9.17, 15) is 4.79 Å². The van der Waals surface area contributed by atoms with Gasteiger partial charge in [-0.25, -0.2) is 0 Å². The van der Waals surface area contributed by atoms with Gasteiger partial charge in [-0.2, -0.15) is 0 Å². The van der Waals surface area contributed by atoms with Gasteiger partial charge in [-0.1, -0.05) is 13.3 Å². The predicted octanol–water partition coefficient (Wildman–Crippen LogP) is 1.36. The quantitative estimate of drug-likeness (QED) is 0.711. The van der Waals surface area contributed by atoms with E-state index in [-0.39, 0.29) is 24.4 Å². The highest BCUT2D eigenvalue weighted by Gasteiger charge is 2.29. The molecule has 0 saturated carbocycles. The molecule has 78 valence electrons. The van der Waals surface area contributed by atoms with Gasteiger partial charge in [0.2, 0.25) is 0 Å². The first-order chi connectivity index (χ1) is 5.77. The zero-order valence-electron chi connectivity index (χ0n) is 8.21. The zero-order chi connectivity index (χ0) is 8.97. The topological polar surface area (TPSA) is 38.3 Å². The summed E-state index contributed by atoms with van der Waals surface area (Å²) in [5, 5.41) is 3.17. The van der Waals surface area contributed by atoms with Crippen LogP contribution in [0.25, 0.3) is 0 Å². The number of hydrogen-bond donors (Lipinski definition) is 1. The van der Waals surface area contributed by atoms with Crippen LogP contribution in [0, 0.1) is 5.92 Å². The number of carbonyl (C=O) groups is 1. The van der Waals surface area contributed by atoms with Gasteiger partial charge in [0.1, 0.15) is 6.04 Å². The molecular formula is C9H18ClNO2. The van der Waals surface area contributed by atoms with Crippen molar-refractivity contribution in [1.82, 2.24) is 5.32 Å². The van der Waals surface area contributed by atoms with Gasteiger partial charge >= 0.3 is 5.97 Å². The molecule has 0 unspecified atom stereocenters. The summed E-state index contributed by atoms with van der Waals surface area (Å²) in [4.78, 5) is 11.1. The highest BCUT2D eigenvalue weighted by Crippen LogP contribution is 2.19. The highest BCUT2D eigenvalue weighted by molar-refractivity contribution is 5.85. The van der Waals surface area contributed by atoms with Crippen LogP contribution < -0.4 is 5.32 Å². The molecule has 0 aromatic carbocycles. The Morgan fingerprint density at radius 2 is 2.31 bits per heavy atom. The van der Waals surface area contributed by atoms with Gasteiger partial charge in [-0.3, -0.25) is 4.79 Å². The molecule has 4 heteroatoms. The standard InChI is InChI=1S/C9H17NO2.ClH/c1-3-4-7-5-8(10-6-7)9(11)12-2;/h7-8,10H,3-6H2,1-2H3;1H/t7-,8+;/m1./s1. The number of ether oxygens (including phenoxy) is 1. The lowest BCUT2D eigenvalue weighted by Crippen LogP contribution is -2.31. The summed E-state index contributed by atoms with van der Waals surface area (Å²) >= 11 is 0. The second-order valence-corrected chi connectivity index (χ2v) is 3.37. The Morgan fingerprint density at radius 1 is 1.62 bits per heavy atom. The van der Waals surface area contributed by atoms with Crippen molar-refractivity contribution in [3.63, 3.8) is 0 Å². The molecule has 0 aromatic rings. The van der Waals surface area contributed by atoms with E-state index in [0.29, 0.717) is 5.92 Å². The largest absolute Gasteiger partial charge is 0.468 e. The molecule has 1 fully saturated rings. The summed E-state index contributed by atoms with van der Waals surface area (Å²) in [5.74, 6) is 0.549. The van der Waals surface area contributed by atoms with E-state index in [2.05, 4.69) is 17.0 Å². The monoisotopic (exact) mass is 207 g/mol. The van der Waals surface area contributed by atoms with Crippen molar-refractivity contribution < 1.29 is 9.53 Å². The minimum absolute atomic E-state index is 0. The number of rotatable bonds is 3. The molecule has 1 rings (SSSR count). The molecule has 13 heavy (non-hydrogen) atoms. The summed E-state index contributed by atoms with van der Waals surface area (Å²) in [5.41, 5.74) is 0. The molecule has 3 nitrogen and oxygen atoms in total. The third-order valence-corrected chi connectivity index (χ3v) is 2.40. The van der Waals surface area contributed by atoms with E-state index in [1.807, 2.05) is 0 Å². The lowest BCUT2D eigenvalue weighted by atomic mass is 10.0. The first-order valence-corrected chi connectivity index (χ1v) is 4.59. The van der Waals surface area contributed by atoms with Gasteiger partial charge in [0, 0.05) is 0 Å². The fraction of sp³-hybridized carbons (Fsp3) is 0.889. The highest BCUT2D eigenvalue weighted by atomic mass is 35.5. The summed E-state index contributed by atoms with van der Waals surface area (Å²) in [6.45, 7) is 3.14. The third kappa shape index (κ3) is 3.53. The van der Waals surface area contributed by atoms with E-state index in [1.165, 1.54) is 20.0 Å². The van der Waals surface area contributed by atoms with Crippen LogP contribution in [0.15, 0.2) is 0 Å². The molecule has 0 spiro atoms. The van der Waals surface area contributed by atoms with E-state index >= 15 is 0 Å². The first-order valence-electron chi connectivity index (χ1n) is 4.59. The van der Waals surface area contributed by atoms with E-state index in [1.54, 1.807) is 0 Å². The maximum absolute atomic E-state index is 11.1. The minimum Gasteiger partial charge on any atom is -0.468 e. The molecule has 0 aliphatic carbocycles. The van der Waals surface area contributed by atoms with Crippen molar-refractivity contribution >= 4 is 18.4 Å². The van der Waals surface area contributed by atoms with Crippen LogP contribution in [-0.4, -0.2) is 25.7 Å². The number of nitrogens with one attached hydrogen (secondary N) is 1. The van der Waals surface area contributed by atoms with E-state index < -0.39 is 0 Å². The van der Waals surface area contributed by atoms with Crippen LogP contribution >= 0.6 is 12.4 Å². The molecule has 1 aliphatic rings. The van der Waals surface area contributed by atoms with E-state index in [0.717, 1.165) is 13.0 Å². The van der Waals surface area contributed by atoms with Crippen LogP contribution in [0.5, 0.6) is 0 Å². The molecule has 0 aromatic heterocycles. The van der Waals surface area contributed by atoms with Crippen molar-refractivity contribution in [2.45, 2.75) is 32.2 Å². The lowest BCUT2D eigenvalue weighted by Gasteiger charge is -2.06. The van der Waals surface area contributed by atoms with Gasteiger partial charge in [0.15, 0.2) is 0 Å². The normalized spacial score (nSPS) is 26.6. The van der Waals surface area contributed by atoms with Crippen LogP contribution in [0.3, 0.4) is 0 Å². The molecule has 1 aliphatic heterocycles. The average Bonchev–Trinajstić information content (AvgIpc) is 2.52. The van der Waals surface area contributed by atoms with E-state index in [4.69, 9.17) is 0 Å². The Labute approximate surface area is 85.6 Å². The van der Waals surface area contributed by atoms with Crippen LogP contribution in [0.1, 0.15) is 26.2 Å². The molecule has 0 radical (unpaired) electrons. The Balaban J connectivity index is 0.00000144. The molecular weight excluding hydrogens is 190 g/mol. The molecule has 1 heterocycles. The van der Waals surface area contributed by atoms with Gasteiger partial charge in [-0.05, 0) is 25.3 Å². The maximum Gasteiger partial charge on any atom is 0.322 e. The number of methoxy groups -OCH3 is 1. The second-order valence-electron chi connectivity index (χ2n) is 3.37. The van der Waals surface area contributed by atoms with Crippen LogP contribution in [-0.2, 0) is 9.53 Å². The van der Waals surface area contributed by atoms with Crippen molar-refractivity contribution in [3.8, 4) is 0 Å². The molecule has 0 amide bonds. The molecule has 1 N–H and O–H groups in total. The number of esters is 1.